The summed E-state index contributed by atoms with van der Waals surface area (Å²) in [6.45, 7) is 4.94. The second-order valence-corrected chi connectivity index (χ2v) is 24.6. The zero-order valence-corrected chi connectivity index (χ0v) is 39.1. The molecule has 2 saturated carbocycles. The smallest absolute Gasteiger partial charge is 0.195 e. The summed E-state index contributed by atoms with van der Waals surface area (Å²) in [5, 5.41) is 2.53. The molecule has 3 aromatic heterocycles. The molecule has 0 N–H and O–H groups in total. The highest BCUT2D eigenvalue weighted by atomic mass is 32.1. The second kappa shape index (κ2) is 14.7. The van der Waals surface area contributed by atoms with Crippen molar-refractivity contribution < 1.29 is 7.48 Å². The molecule has 0 bridgehead atoms. The van der Waals surface area contributed by atoms with Gasteiger partial charge in [-0.2, -0.15) is 0 Å². The highest BCUT2D eigenvalue weighted by Crippen LogP contribution is 2.53. The van der Waals surface area contributed by atoms with E-state index in [0.29, 0.717) is 0 Å². The number of aromatic nitrogens is 3. The van der Waals surface area contributed by atoms with E-state index in [1.54, 1.807) is 11.3 Å². The number of ether oxygens (including phenoxy) is 1. The third-order valence-corrected chi connectivity index (χ3v) is 19.9. The Bertz CT molecular complexity index is 3760. The minimum Gasteiger partial charge on any atom is -0.457 e. The molecule has 14 rings (SSSR count). The summed E-state index contributed by atoms with van der Waals surface area (Å²) in [6.07, 6.45) is 9.54. The Kier molecular flexibility index (Phi) is 8.15. The molecule has 0 saturated heterocycles. The fourth-order valence-electron chi connectivity index (χ4n) is 12.1. The van der Waals surface area contributed by atoms with Gasteiger partial charge in [0.15, 0.2) is 4.96 Å². The van der Waals surface area contributed by atoms with Crippen molar-refractivity contribution in [1.82, 2.24) is 14.4 Å². The molecular formula is C60H49N3OSSi. The minimum atomic E-state index is -2.45. The number of pyridine rings is 1. The molecule has 320 valence electrons. The lowest BCUT2D eigenvalue weighted by molar-refractivity contribution is 0.488. The summed E-state index contributed by atoms with van der Waals surface area (Å²) in [6, 6.07) is 53.1. The third-order valence-electron chi connectivity index (χ3n) is 15.4. The molecule has 2 fully saturated rings. The number of fused-ring (bicyclic) bond motifs is 15. The summed E-state index contributed by atoms with van der Waals surface area (Å²) in [4.78, 5) is 11.1. The lowest BCUT2D eigenvalue weighted by Gasteiger charge is -2.35. The van der Waals surface area contributed by atoms with Crippen molar-refractivity contribution in [3.63, 3.8) is 0 Å². The summed E-state index contributed by atoms with van der Waals surface area (Å²) in [5.41, 5.74) is 18.9. The number of benzene rings is 7. The summed E-state index contributed by atoms with van der Waals surface area (Å²) < 4.78 is 31.0. The number of hydrogen-bond acceptors (Lipinski definition) is 4. The van der Waals surface area contributed by atoms with E-state index in [9.17, 15) is 2.74 Å². The van der Waals surface area contributed by atoms with Crippen LogP contribution < -0.4 is 15.1 Å². The Morgan fingerprint density at radius 3 is 2.05 bits per heavy atom. The maximum Gasteiger partial charge on any atom is 0.195 e. The topological polar surface area (TPSA) is 39.4 Å². The first kappa shape index (κ1) is 36.6. The van der Waals surface area contributed by atoms with Crippen LogP contribution in [0.25, 0.3) is 93.1 Å². The Morgan fingerprint density at radius 2 is 1.24 bits per heavy atom. The quantitative estimate of drug-likeness (QED) is 0.165. The Morgan fingerprint density at radius 1 is 0.576 bits per heavy atom. The average molecular weight is 890 g/mol. The van der Waals surface area contributed by atoms with Crippen molar-refractivity contribution in [3.8, 4) is 78.4 Å². The van der Waals surface area contributed by atoms with E-state index >= 15 is 0 Å². The van der Waals surface area contributed by atoms with Gasteiger partial charge in [0.05, 0.1) is 26.9 Å². The Labute approximate surface area is 393 Å². The fraction of sp³-hybridized carbons (Fsp3) is 0.200. The van der Waals surface area contributed by atoms with Crippen LogP contribution in [0.5, 0.6) is 11.5 Å². The molecule has 4 heterocycles. The number of imidazole rings is 1. The number of rotatable bonds is 4. The molecular weight excluding hydrogens is 839 g/mol. The highest BCUT2D eigenvalue weighted by molar-refractivity contribution is 7.24. The van der Waals surface area contributed by atoms with Crippen LogP contribution in [0.15, 0.2) is 152 Å². The van der Waals surface area contributed by atoms with Crippen LogP contribution in [0.2, 0.25) is 13.1 Å². The van der Waals surface area contributed by atoms with Crippen LogP contribution in [-0.4, -0.2) is 22.4 Å². The van der Waals surface area contributed by atoms with E-state index in [-0.39, 0.29) is 0 Å². The molecule has 4 nitrogen and oxygen atoms in total. The number of para-hydroxylation sites is 3. The van der Waals surface area contributed by atoms with E-state index in [0.717, 1.165) is 151 Å². The second-order valence-electron chi connectivity index (χ2n) is 19.3. The molecule has 0 unspecified atom stereocenters. The minimum absolute atomic E-state index is 0.639. The monoisotopic (exact) mass is 889 g/mol. The maximum absolute atomic E-state index is 10.3. The van der Waals surface area contributed by atoms with E-state index < -0.39 is 19.9 Å². The van der Waals surface area contributed by atoms with Crippen LogP contribution in [-0.2, 0) is 0 Å². The van der Waals surface area contributed by atoms with E-state index in [1.807, 2.05) is 12.3 Å². The van der Waals surface area contributed by atoms with Gasteiger partial charge in [0.1, 0.15) is 19.6 Å². The van der Waals surface area contributed by atoms with Gasteiger partial charge in [0.25, 0.3) is 0 Å². The standard InChI is InChI=1S/C60H49N3OSSi/c1-66(2)54-27-13-23-45(49-35-48-42-21-9-10-22-43(42)57-44(24-14-32-61-57)40-19-7-8-20-41(40)47(48)34-46(49)37-17-5-6-18-37)58(54)64-53-31-28-38(33-55(53)66)56-39(36-15-3-4-16-36)29-30-52-59(56)65-60-62-50-25-11-12-26-51(50)63(52)60/h7-14,19-37H,3-6,15-18H2,1-2H3/i36D,37D. The summed E-state index contributed by atoms with van der Waals surface area (Å²) in [5.74, 6) is 0.453. The number of nitrogens with zero attached hydrogens (tertiary/aromatic N) is 3. The van der Waals surface area contributed by atoms with E-state index in [2.05, 4.69) is 157 Å². The Balaban J connectivity index is 0.967. The van der Waals surface area contributed by atoms with Gasteiger partial charge in [0, 0.05) is 31.2 Å². The van der Waals surface area contributed by atoms with Crippen LogP contribution in [0.1, 0.15) is 77.0 Å². The molecule has 3 aliphatic carbocycles. The van der Waals surface area contributed by atoms with Gasteiger partial charge in [-0.1, -0.05) is 153 Å². The molecule has 6 heteroatoms. The summed E-state index contributed by atoms with van der Waals surface area (Å²) in [7, 11) is -2.45. The lowest BCUT2D eigenvalue weighted by atomic mass is 9.78. The molecule has 66 heavy (non-hydrogen) atoms. The van der Waals surface area contributed by atoms with Crippen LogP contribution >= 0.6 is 11.3 Å². The third kappa shape index (κ3) is 5.67. The first-order chi connectivity index (χ1) is 33.2. The van der Waals surface area contributed by atoms with Gasteiger partial charge in [-0.15, -0.1) is 0 Å². The number of thiazole rings is 1. The largest absolute Gasteiger partial charge is 0.457 e. The average Bonchev–Trinajstić information content (AvgIpc) is 4.18. The van der Waals surface area contributed by atoms with Gasteiger partial charge in [0.2, 0.25) is 0 Å². The predicted octanol–water partition coefficient (Wildman–Crippen LogP) is 15.7. The predicted molar refractivity (Wildman–Crippen MR) is 278 cm³/mol. The zero-order chi connectivity index (χ0) is 45.5. The van der Waals surface area contributed by atoms with E-state index in [4.69, 9.17) is 14.7 Å². The normalized spacial score (nSPS) is 17.7. The van der Waals surface area contributed by atoms with Gasteiger partial charge in [-0.05, 0) is 140 Å². The molecule has 10 aromatic rings. The molecule has 0 amide bonds. The fourth-order valence-corrected chi connectivity index (χ4v) is 16.1. The number of hydrogen-bond donors (Lipinski definition) is 0. The van der Waals surface area contributed by atoms with Crippen LogP contribution in [0.4, 0.5) is 0 Å². The van der Waals surface area contributed by atoms with Crippen LogP contribution in [0, 0.1) is 0 Å². The zero-order valence-electron chi connectivity index (χ0n) is 39.2. The first-order valence-corrected chi connectivity index (χ1v) is 27.6. The van der Waals surface area contributed by atoms with Crippen molar-refractivity contribution in [2.45, 2.75) is 76.2 Å². The molecule has 0 spiro atoms. The molecule has 0 radical (unpaired) electrons. The van der Waals surface area contributed by atoms with Crippen molar-refractivity contribution in [2.75, 3.05) is 0 Å². The van der Waals surface area contributed by atoms with Crippen LogP contribution in [0.3, 0.4) is 0 Å². The van der Waals surface area contributed by atoms with Crippen molar-refractivity contribution in [1.29, 1.82) is 0 Å². The molecule has 7 aromatic carbocycles. The van der Waals surface area contributed by atoms with Gasteiger partial charge in [-0.25, -0.2) is 4.98 Å². The van der Waals surface area contributed by atoms with E-state index in [1.165, 1.54) is 26.2 Å². The summed E-state index contributed by atoms with van der Waals surface area (Å²) >= 11 is 1.75. The van der Waals surface area contributed by atoms with Gasteiger partial charge >= 0.3 is 0 Å². The van der Waals surface area contributed by atoms with Gasteiger partial charge < -0.3 is 4.74 Å². The lowest BCUT2D eigenvalue weighted by Crippen LogP contribution is -2.56. The van der Waals surface area contributed by atoms with Crippen molar-refractivity contribution in [2.24, 2.45) is 0 Å². The van der Waals surface area contributed by atoms with Crippen molar-refractivity contribution >= 4 is 56.0 Å². The maximum atomic E-state index is 10.3. The van der Waals surface area contributed by atoms with Gasteiger partial charge in [-0.3, -0.25) is 9.38 Å². The SMILES string of the molecule is [2H]C1(c2cc3c(cc2-c2cccc4c2Oc2ccc(-c5c(C6([2H])CCCC6)ccc6c5sc5nc7ccccc7n56)cc2[Si]4(C)C)-c2ccccc2-c2ncccc2-c2ccccc2-3)CCCC1. The molecule has 4 aliphatic rings. The first-order valence-electron chi connectivity index (χ1n) is 24.8. The Hall–Kier alpha value is -6.60. The molecule has 1 aliphatic heterocycles. The van der Waals surface area contributed by atoms with Crippen molar-refractivity contribution in [3.05, 3.63) is 163 Å². The highest BCUT2D eigenvalue weighted by Gasteiger charge is 2.39. The molecule has 0 atom stereocenters.